The number of aliphatic hydroxyl groups is 1. The molecule has 2 aromatic carbocycles. The van der Waals surface area contributed by atoms with E-state index in [-0.39, 0.29) is 17.8 Å². The summed E-state index contributed by atoms with van der Waals surface area (Å²) < 4.78 is 15.1. The van der Waals surface area contributed by atoms with Gasteiger partial charge in [0.25, 0.3) is 0 Å². The van der Waals surface area contributed by atoms with Gasteiger partial charge >= 0.3 is 0 Å². The van der Waals surface area contributed by atoms with Crippen LogP contribution in [0.15, 0.2) is 53.0 Å². The Labute approximate surface area is 168 Å². The van der Waals surface area contributed by atoms with Gasteiger partial charge in [-0.2, -0.15) is 0 Å². The van der Waals surface area contributed by atoms with Gasteiger partial charge in [0.15, 0.2) is 0 Å². The van der Waals surface area contributed by atoms with Gasteiger partial charge in [-0.05, 0) is 42.6 Å². The molecule has 0 bridgehead atoms. The number of piperidine rings is 1. The molecule has 3 nitrogen and oxygen atoms in total. The van der Waals surface area contributed by atoms with Gasteiger partial charge in [-0.25, -0.2) is 4.39 Å². The lowest BCUT2D eigenvalue weighted by Gasteiger charge is -2.42. The molecule has 2 aliphatic heterocycles. The van der Waals surface area contributed by atoms with E-state index >= 15 is 0 Å². The second-order valence-corrected chi connectivity index (χ2v) is 9.01. The minimum absolute atomic E-state index is 0.0128. The van der Waals surface area contributed by atoms with Crippen LogP contribution in [0.3, 0.4) is 0 Å². The largest absolute Gasteiger partial charge is 0.396 e. The van der Waals surface area contributed by atoms with Gasteiger partial charge < -0.3 is 5.11 Å². The Morgan fingerprint density at radius 1 is 1.07 bits per heavy atom. The molecule has 0 saturated carbocycles. The maximum atomic E-state index is 14.1. The zero-order valence-electron chi connectivity index (χ0n) is 15.5. The van der Waals surface area contributed by atoms with Gasteiger partial charge in [0.05, 0.1) is 6.61 Å². The summed E-state index contributed by atoms with van der Waals surface area (Å²) in [6.45, 7) is 5.55. The topological polar surface area (TPSA) is 26.7 Å². The number of benzene rings is 2. The Bertz CT molecular complexity index is 787. The van der Waals surface area contributed by atoms with Crippen LogP contribution in [0.1, 0.15) is 17.5 Å². The van der Waals surface area contributed by atoms with E-state index in [4.69, 9.17) is 0 Å². The van der Waals surface area contributed by atoms with Gasteiger partial charge in [0.1, 0.15) is 5.82 Å². The summed E-state index contributed by atoms with van der Waals surface area (Å²) in [4.78, 5) is 4.81. The summed E-state index contributed by atoms with van der Waals surface area (Å²) in [6, 6.07) is 15.7. The first-order valence-electron chi connectivity index (χ1n) is 9.61. The van der Waals surface area contributed by atoms with E-state index < -0.39 is 0 Å². The van der Waals surface area contributed by atoms with Crippen LogP contribution in [0.5, 0.6) is 0 Å². The lowest BCUT2D eigenvalue weighted by atomic mass is 9.73. The highest BCUT2D eigenvalue weighted by Gasteiger charge is 2.48. The number of hydrogen-bond acceptors (Lipinski definition) is 3. The van der Waals surface area contributed by atoms with Gasteiger partial charge in [-0.3, -0.25) is 9.80 Å². The van der Waals surface area contributed by atoms with Crippen molar-refractivity contribution >= 4 is 15.9 Å². The summed E-state index contributed by atoms with van der Waals surface area (Å²) >= 11 is 3.44. The number of halogens is 2. The molecule has 2 saturated heterocycles. The lowest BCUT2D eigenvalue weighted by Crippen LogP contribution is -2.48. The molecule has 0 unspecified atom stereocenters. The minimum atomic E-state index is -0.144. The van der Waals surface area contributed by atoms with Crippen LogP contribution >= 0.6 is 15.9 Å². The molecular formula is C22H26BrFN2O. The number of hydrogen-bond donors (Lipinski definition) is 1. The Kier molecular flexibility index (Phi) is 5.65. The molecule has 0 aromatic heterocycles. The van der Waals surface area contributed by atoms with E-state index in [9.17, 15) is 9.50 Å². The van der Waals surface area contributed by atoms with Crippen molar-refractivity contribution in [3.8, 4) is 0 Å². The van der Waals surface area contributed by atoms with Crippen molar-refractivity contribution in [1.82, 2.24) is 9.80 Å². The van der Waals surface area contributed by atoms with Crippen molar-refractivity contribution in [1.29, 1.82) is 0 Å². The van der Waals surface area contributed by atoms with Crippen molar-refractivity contribution in [2.24, 2.45) is 11.3 Å². The highest BCUT2D eigenvalue weighted by molar-refractivity contribution is 9.10. The third-order valence-corrected chi connectivity index (χ3v) is 6.75. The SMILES string of the molecule is OC[C@@]12CCN(Cc3cc(Br)ccc3F)C[C@@H]1CN(Cc1ccccc1)C2. The molecule has 0 spiro atoms. The first-order chi connectivity index (χ1) is 13.1. The molecule has 2 aromatic rings. The number of nitrogens with zero attached hydrogens (tertiary/aromatic N) is 2. The Morgan fingerprint density at radius 2 is 1.85 bits per heavy atom. The molecule has 4 rings (SSSR count). The predicted molar refractivity (Wildman–Crippen MR) is 109 cm³/mol. The molecule has 5 heteroatoms. The molecule has 2 atom stereocenters. The fourth-order valence-corrected chi connectivity index (χ4v) is 5.14. The average molecular weight is 433 g/mol. The van der Waals surface area contributed by atoms with Crippen molar-refractivity contribution in [2.75, 3.05) is 32.8 Å². The lowest BCUT2D eigenvalue weighted by molar-refractivity contribution is 0.0156. The van der Waals surface area contributed by atoms with Gasteiger partial charge in [0.2, 0.25) is 0 Å². The standard InChI is InChI=1S/C22H26BrFN2O/c23-20-6-7-21(24)18(10-20)12-25-9-8-22(16-27)15-26(14-19(22)13-25)11-17-4-2-1-3-5-17/h1-7,10,19,27H,8-9,11-16H2/t19-,22+/m1/s1. The first-order valence-corrected chi connectivity index (χ1v) is 10.4. The monoisotopic (exact) mass is 432 g/mol. The quantitative estimate of drug-likeness (QED) is 0.775. The molecule has 0 aliphatic carbocycles. The number of rotatable bonds is 5. The van der Waals surface area contributed by atoms with E-state index in [2.05, 4.69) is 50.0 Å². The zero-order chi connectivity index (χ0) is 18.9. The molecule has 2 heterocycles. The Hall–Kier alpha value is -1.27. The van der Waals surface area contributed by atoms with E-state index in [1.54, 1.807) is 6.07 Å². The van der Waals surface area contributed by atoms with Crippen molar-refractivity contribution < 1.29 is 9.50 Å². The number of aliphatic hydroxyl groups excluding tert-OH is 1. The third-order valence-electron chi connectivity index (χ3n) is 6.25. The predicted octanol–water partition coefficient (Wildman–Crippen LogP) is 3.90. The van der Waals surface area contributed by atoms with Gasteiger partial charge in [-0.1, -0.05) is 46.3 Å². The Morgan fingerprint density at radius 3 is 2.63 bits per heavy atom. The van der Waals surface area contributed by atoms with Crippen LogP contribution in [0.2, 0.25) is 0 Å². The fourth-order valence-electron chi connectivity index (χ4n) is 4.73. The fraction of sp³-hybridized carbons (Fsp3) is 0.455. The first kappa shape index (κ1) is 19.1. The molecule has 2 aliphatic rings. The van der Waals surface area contributed by atoms with Crippen LogP contribution in [-0.4, -0.2) is 47.7 Å². The highest BCUT2D eigenvalue weighted by atomic mass is 79.9. The minimum Gasteiger partial charge on any atom is -0.396 e. The highest BCUT2D eigenvalue weighted by Crippen LogP contribution is 2.43. The smallest absolute Gasteiger partial charge is 0.127 e. The summed E-state index contributed by atoms with van der Waals surface area (Å²) in [5, 5.41) is 10.2. The molecule has 1 N–H and O–H groups in total. The number of fused-ring (bicyclic) bond motifs is 1. The second-order valence-electron chi connectivity index (χ2n) is 8.09. The molecular weight excluding hydrogens is 407 g/mol. The second kappa shape index (κ2) is 8.00. The molecule has 0 radical (unpaired) electrons. The van der Waals surface area contributed by atoms with Crippen molar-refractivity contribution in [3.05, 3.63) is 69.9 Å². The van der Waals surface area contributed by atoms with Crippen molar-refractivity contribution in [2.45, 2.75) is 19.5 Å². The maximum Gasteiger partial charge on any atom is 0.127 e. The molecule has 144 valence electrons. The normalized spacial score (nSPS) is 26.3. The summed E-state index contributed by atoms with van der Waals surface area (Å²) in [7, 11) is 0. The summed E-state index contributed by atoms with van der Waals surface area (Å²) in [5.74, 6) is 0.282. The third kappa shape index (κ3) is 4.11. The molecule has 27 heavy (non-hydrogen) atoms. The zero-order valence-corrected chi connectivity index (χ0v) is 17.0. The van der Waals surface area contributed by atoms with Gasteiger partial charge in [-0.15, -0.1) is 0 Å². The van der Waals surface area contributed by atoms with Crippen molar-refractivity contribution in [3.63, 3.8) is 0 Å². The van der Waals surface area contributed by atoms with Crippen LogP contribution < -0.4 is 0 Å². The van der Waals surface area contributed by atoms with Crippen LogP contribution in [0, 0.1) is 17.2 Å². The van der Waals surface area contributed by atoms with E-state index in [1.165, 1.54) is 11.6 Å². The maximum absolute atomic E-state index is 14.1. The average Bonchev–Trinajstić information content (AvgIpc) is 3.03. The Balaban J connectivity index is 1.44. The van der Waals surface area contributed by atoms with E-state index in [1.807, 2.05) is 12.1 Å². The van der Waals surface area contributed by atoms with E-state index in [0.29, 0.717) is 12.5 Å². The van der Waals surface area contributed by atoms with E-state index in [0.717, 1.165) is 49.2 Å². The van der Waals surface area contributed by atoms with Crippen LogP contribution in [0.4, 0.5) is 4.39 Å². The molecule has 2 fully saturated rings. The number of likely N-dealkylation sites (tertiary alicyclic amines) is 2. The van der Waals surface area contributed by atoms with Crippen LogP contribution in [-0.2, 0) is 13.1 Å². The van der Waals surface area contributed by atoms with Crippen LogP contribution in [0.25, 0.3) is 0 Å². The summed E-state index contributed by atoms with van der Waals surface area (Å²) in [5.41, 5.74) is 2.04. The molecule has 0 amide bonds. The summed E-state index contributed by atoms with van der Waals surface area (Å²) in [6.07, 6.45) is 0.967. The van der Waals surface area contributed by atoms with Gasteiger partial charge in [0, 0.05) is 48.2 Å².